The number of nitro groups is 2. The molecule has 132 valence electrons. The number of hydrogen-bond donors (Lipinski definition) is 2. The van der Waals surface area contributed by atoms with E-state index in [1.54, 1.807) is 6.07 Å². The van der Waals surface area contributed by atoms with E-state index in [1.807, 2.05) is 0 Å². The summed E-state index contributed by atoms with van der Waals surface area (Å²) in [5.74, 6) is -1.42. The molecule has 0 aromatic heterocycles. The number of carbonyl (C=O) groups excluding carboxylic acids is 2. The monoisotopic (exact) mass is 356 g/mol. The molecule has 2 N–H and O–H groups in total. The first-order valence-electron chi connectivity index (χ1n) is 7.14. The molecule has 0 atom stereocenters. The Bertz CT molecular complexity index is 909. The molecular weight excluding hydrogens is 344 g/mol. The van der Waals surface area contributed by atoms with Gasteiger partial charge in [0.05, 0.1) is 9.85 Å². The van der Waals surface area contributed by atoms with Crippen LogP contribution in [0.15, 0.2) is 54.6 Å². The number of hydrogen-bond acceptors (Lipinski definition) is 6. The quantitative estimate of drug-likeness (QED) is 0.476. The van der Waals surface area contributed by atoms with Crippen molar-refractivity contribution in [2.24, 2.45) is 0 Å². The van der Waals surface area contributed by atoms with Crippen LogP contribution in [-0.2, 0) is 4.79 Å². The molecule has 0 unspecified atom stereocenters. The number of nitrogens with one attached hydrogen (secondary N) is 2. The van der Waals surface area contributed by atoms with Crippen LogP contribution >= 0.6 is 0 Å². The molecule has 0 fully saturated rings. The first kappa shape index (κ1) is 18.3. The van der Waals surface area contributed by atoms with Crippen LogP contribution in [0.25, 0.3) is 6.08 Å². The molecule has 2 amide bonds. The third-order valence-corrected chi connectivity index (χ3v) is 3.13. The number of rotatable bonds is 5. The van der Waals surface area contributed by atoms with E-state index >= 15 is 0 Å². The van der Waals surface area contributed by atoms with Gasteiger partial charge in [0.2, 0.25) is 0 Å². The minimum absolute atomic E-state index is 0.00200. The number of benzene rings is 2. The standard InChI is InChI=1S/C16H12N4O6/c21-15(8-7-11-3-1-5-13(9-11)19(23)24)17-18-16(22)12-4-2-6-14(10-12)20(25)26/h1-10H,(H,17,21)(H,18,22). The lowest BCUT2D eigenvalue weighted by molar-refractivity contribution is -0.385. The number of nitrogens with zero attached hydrogens (tertiary/aromatic N) is 2. The Labute approximate surface area is 146 Å². The highest BCUT2D eigenvalue weighted by Crippen LogP contribution is 2.14. The Balaban J connectivity index is 1.95. The van der Waals surface area contributed by atoms with E-state index in [4.69, 9.17) is 0 Å². The van der Waals surface area contributed by atoms with Crippen LogP contribution in [0.4, 0.5) is 11.4 Å². The van der Waals surface area contributed by atoms with Crippen molar-refractivity contribution >= 4 is 29.3 Å². The van der Waals surface area contributed by atoms with E-state index in [0.717, 1.165) is 12.1 Å². The van der Waals surface area contributed by atoms with E-state index in [9.17, 15) is 29.8 Å². The summed E-state index contributed by atoms with van der Waals surface area (Å²) in [5, 5.41) is 21.4. The maximum absolute atomic E-state index is 11.9. The molecule has 0 heterocycles. The Morgan fingerprint density at radius 1 is 0.885 bits per heavy atom. The van der Waals surface area contributed by atoms with Gasteiger partial charge in [-0.15, -0.1) is 0 Å². The topological polar surface area (TPSA) is 144 Å². The summed E-state index contributed by atoms with van der Waals surface area (Å²) < 4.78 is 0. The molecule has 2 aromatic carbocycles. The number of amides is 2. The lowest BCUT2D eigenvalue weighted by atomic mass is 10.2. The second-order valence-corrected chi connectivity index (χ2v) is 4.94. The summed E-state index contributed by atoms with van der Waals surface area (Å²) >= 11 is 0. The molecular formula is C16H12N4O6. The summed E-state index contributed by atoms with van der Waals surface area (Å²) in [6, 6.07) is 10.6. The Morgan fingerprint density at radius 2 is 1.50 bits per heavy atom. The van der Waals surface area contributed by atoms with Crippen LogP contribution in [0.5, 0.6) is 0 Å². The highest BCUT2D eigenvalue weighted by atomic mass is 16.6. The zero-order chi connectivity index (χ0) is 19.1. The largest absolute Gasteiger partial charge is 0.270 e. The van der Waals surface area contributed by atoms with Gasteiger partial charge in [0.15, 0.2) is 0 Å². The first-order chi connectivity index (χ1) is 12.4. The van der Waals surface area contributed by atoms with E-state index in [0.29, 0.717) is 5.56 Å². The zero-order valence-electron chi connectivity index (χ0n) is 13.1. The van der Waals surface area contributed by atoms with Gasteiger partial charge in [0.25, 0.3) is 23.2 Å². The van der Waals surface area contributed by atoms with Gasteiger partial charge in [-0.25, -0.2) is 0 Å². The summed E-state index contributed by atoms with van der Waals surface area (Å²) in [6.45, 7) is 0. The van der Waals surface area contributed by atoms with Crippen LogP contribution in [0.1, 0.15) is 15.9 Å². The molecule has 0 aliphatic carbocycles. The lowest BCUT2D eigenvalue weighted by Gasteiger charge is -2.05. The Kier molecular flexibility index (Phi) is 5.72. The predicted molar refractivity (Wildman–Crippen MR) is 90.8 cm³/mol. The summed E-state index contributed by atoms with van der Waals surface area (Å²) in [5.41, 5.74) is 4.28. The Morgan fingerprint density at radius 3 is 2.15 bits per heavy atom. The van der Waals surface area contributed by atoms with Gasteiger partial charge < -0.3 is 0 Å². The fourth-order valence-corrected chi connectivity index (χ4v) is 1.91. The molecule has 0 bridgehead atoms. The van der Waals surface area contributed by atoms with Crippen LogP contribution in [0.3, 0.4) is 0 Å². The van der Waals surface area contributed by atoms with Gasteiger partial charge in [-0.1, -0.05) is 18.2 Å². The molecule has 0 spiro atoms. The van der Waals surface area contributed by atoms with Crippen LogP contribution in [-0.4, -0.2) is 21.7 Å². The van der Waals surface area contributed by atoms with Crippen molar-refractivity contribution in [1.82, 2.24) is 10.9 Å². The fourth-order valence-electron chi connectivity index (χ4n) is 1.91. The second kappa shape index (κ2) is 8.15. The SMILES string of the molecule is O=C(C=Cc1cccc([N+](=O)[O-])c1)NNC(=O)c1cccc([N+](=O)[O-])c1. The number of carbonyl (C=O) groups is 2. The van der Waals surface area contributed by atoms with Gasteiger partial charge in [-0.05, 0) is 17.7 Å². The molecule has 10 nitrogen and oxygen atoms in total. The van der Waals surface area contributed by atoms with Crippen molar-refractivity contribution in [3.05, 3.63) is 86.0 Å². The molecule has 2 aromatic rings. The second-order valence-electron chi connectivity index (χ2n) is 4.94. The third kappa shape index (κ3) is 4.96. The predicted octanol–water partition coefficient (Wildman–Crippen LogP) is 1.98. The maximum atomic E-state index is 11.9. The van der Waals surface area contributed by atoms with Crippen molar-refractivity contribution in [3.8, 4) is 0 Å². The molecule has 0 aliphatic rings. The average molecular weight is 356 g/mol. The summed E-state index contributed by atoms with van der Waals surface area (Å²) in [7, 11) is 0. The van der Waals surface area contributed by atoms with Crippen molar-refractivity contribution in [3.63, 3.8) is 0 Å². The first-order valence-corrected chi connectivity index (χ1v) is 7.14. The molecule has 10 heteroatoms. The smallest absolute Gasteiger partial charge is 0.268 e. The van der Waals surface area contributed by atoms with Crippen LogP contribution < -0.4 is 10.9 Å². The molecule has 26 heavy (non-hydrogen) atoms. The summed E-state index contributed by atoms with van der Waals surface area (Å²) in [6.07, 6.45) is 2.41. The minimum atomic E-state index is -0.731. The minimum Gasteiger partial charge on any atom is -0.268 e. The number of nitro benzene ring substituents is 2. The van der Waals surface area contributed by atoms with E-state index in [-0.39, 0.29) is 16.9 Å². The fraction of sp³-hybridized carbons (Fsp3) is 0. The van der Waals surface area contributed by atoms with Gasteiger partial charge in [0.1, 0.15) is 0 Å². The Hall–Kier alpha value is -4.08. The lowest BCUT2D eigenvalue weighted by Crippen LogP contribution is -2.40. The van der Waals surface area contributed by atoms with E-state index < -0.39 is 21.7 Å². The van der Waals surface area contributed by atoms with Gasteiger partial charge >= 0.3 is 0 Å². The highest BCUT2D eigenvalue weighted by molar-refractivity contribution is 5.98. The van der Waals surface area contributed by atoms with E-state index in [2.05, 4.69) is 10.9 Å². The molecule has 0 saturated carbocycles. The van der Waals surface area contributed by atoms with Crippen molar-refractivity contribution < 1.29 is 19.4 Å². The van der Waals surface area contributed by atoms with Gasteiger partial charge in [-0.2, -0.15) is 0 Å². The summed E-state index contributed by atoms with van der Waals surface area (Å²) in [4.78, 5) is 43.7. The van der Waals surface area contributed by atoms with Gasteiger partial charge in [-0.3, -0.25) is 40.7 Å². The normalized spacial score (nSPS) is 10.3. The van der Waals surface area contributed by atoms with E-state index in [1.165, 1.54) is 42.5 Å². The van der Waals surface area contributed by atoms with Crippen LogP contribution in [0, 0.1) is 20.2 Å². The molecule has 0 radical (unpaired) electrons. The van der Waals surface area contributed by atoms with Crippen LogP contribution in [0.2, 0.25) is 0 Å². The number of non-ortho nitro benzene ring substituents is 2. The molecule has 0 aliphatic heterocycles. The maximum Gasteiger partial charge on any atom is 0.270 e. The van der Waals surface area contributed by atoms with Crippen molar-refractivity contribution in [1.29, 1.82) is 0 Å². The van der Waals surface area contributed by atoms with Crippen molar-refractivity contribution in [2.75, 3.05) is 0 Å². The third-order valence-electron chi connectivity index (χ3n) is 3.13. The molecule has 2 rings (SSSR count). The molecule has 0 saturated heterocycles. The number of hydrazine groups is 1. The zero-order valence-corrected chi connectivity index (χ0v) is 13.1. The average Bonchev–Trinajstić information content (AvgIpc) is 2.64. The highest BCUT2D eigenvalue weighted by Gasteiger charge is 2.11. The van der Waals surface area contributed by atoms with Crippen molar-refractivity contribution in [2.45, 2.75) is 0 Å². The van der Waals surface area contributed by atoms with Gasteiger partial charge in [0, 0.05) is 35.9 Å².